The van der Waals surface area contributed by atoms with Gasteiger partial charge in [-0.3, -0.25) is 4.79 Å². The first-order chi connectivity index (χ1) is 13.1. The normalized spacial score (nSPS) is 28.2. The van der Waals surface area contributed by atoms with E-state index in [1.165, 1.54) is 6.20 Å². The number of nitrogens with zero attached hydrogens (tertiary/aromatic N) is 2. The molecule has 0 aliphatic heterocycles. The lowest BCUT2D eigenvalue weighted by atomic mass is 9.85. The Morgan fingerprint density at radius 3 is 2.70 bits per heavy atom. The second-order valence-corrected chi connectivity index (χ2v) is 7.57. The van der Waals surface area contributed by atoms with Crippen LogP contribution in [0.3, 0.4) is 0 Å². The zero-order chi connectivity index (χ0) is 19.2. The van der Waals surface area contributed by atoms with Crippen LogP contribution in [0.5, 0.6) is 0 Å². The molecule has 0 saturated heterocycles. The van der Waals surface area contributed by atoms with Crippen LogP contribution in [0.4, 0.5) is 10.2 Å². The van der Waals surface area contributed by atoms with E-state index in [9.17, 15) is 14.3 Å². The third-order valence-corrected chi connectivity index (χ3v) is 5.60. The predicted molar refractivity (Wildman–Crippen MR) is 99.2 cm³/mol. The van der Waals surface area contributed by atoms with E-state index >= 15 is 0 Å². The van der Waals surface area contributed by atoms with Gasteiger partial charge in [0.2, 0.25) is 0 Å². The molecule has 0 bridgehead atoms. The van der Waals surface area contributed by atoms with Crippen LogP contribution in [-0.2, 0) is 11.2 Å². The summed E-state index contributed by atoms with van der Waals surface area (Å²) in [5.41, 5.74) is 5.70. The maximum atomic E-state index is 12.2. The number of nitrogens with one attached hydrogen (secondary N) is 1. The maximum absolute atomic E-state index is 12.2. The fourth-order valence-corrected chi connectivity index (χ4v) is 4.06. The van der Waals surface area contributed by atoms with E-state index in [1.807, 2.05) is 0 Å². The molecule has 1 aromatic rings. The molecule has 1 amide bonds. The minimum atomic E-state index is -0.581. The van der Waals surface area contributed by atoms with E-state index in [0.717, 1.165) is 51.4 Å². The Balaban J connectivity index is 1.62. The molecule has 0 aromatic carbocycles. The lowest BCUT2D eigenvalue weighted by molar-refractivity contribution is 0.0116. The van der Waals surface area contributed by atoms with Gasteiger partial charge < -0.3 is 20.9 Å². The lowest BCUT2D eigenvalue weighted by Crippen LogP contribution is -2.30. The number of amides is 1. The fraction of sp³-hybridized carbons (Fsp3) is 0.737. The molecule has 2 saturated carbocycles. The van der Waals surface area contributed by atoms with Crippen LogP contribution in [0.1, 0.15) is 61.1 Å². The Morgan fingerprint density at radius 1 is 1.30 bits per heavy atom. The molecular weight excluding hydrogens is 351 g/mol. The first-order valence-corrected chi connectivity index (χ1v) is 9.84. The van der Waals surface area contributed by atoms with Gasteiger partial charge in [-0.25, -0.2) is 14.4 Å². The van der Waals surface area contributed by atoms with Gasteiger partial charge in [-0.2, -0.15) is 0 Å². The zero-order valence-corrected chi connectivity index (χ0v) is 15.6. The summed E-state index contributed by atoms with van der Waals surface area (Å²) in [7, 11) is 0. The number of aromatic nitrogens is 2. The van der Waals surface area contributed by atoms with Gasteiger partial charge in [0.1, 0.15) is 18.3 Å². The van der Waals surface area contributed by atoms with Crippen LogP contribution in [0.15, 0.2) is 6.20 Å². The van der Waals surface area contributed by atoms with Crippen molar-refractivity contribution in [1.82, 2.24) is 9.97 Å². The van der Waals surface area contributed by atoms with Crippen LogP contribution < -0.4 is 11.1 Å². The summed E-state index contributed by atoms with van der Waals surface area (Å²) in [6, 6.07) is -0.117. The molecule has 7 nitrogen and oxygen atoms in total. The predicted octanol–water partition coefficient (Wildman–Crippen LogP) is 1.99. The largest absolute Gasteiger partial charge is 0.391 e. The Bertz CT molecular complexity index is 637. The molecule has 8 heteroatoms. The molecule has 4 N–H and O–H groups in total. The number of alkyl halides is 1. The highest BCUT2D eigenvalue weighted by Gasteiger charge is 2.27. The maximum Gasteiger partial charge on any atom is 0.254 e. The molecule has 150 valence electrons. The molecule has 2 atom stereocenters. The molecule has 0 spiro atoms. The minimum absolute atomic E-state index is 0.117. The van der Waals surface area contributed by atoms with Gasteiger partial charge in [0, 0.05) is 12.6 Å². The van der Waals surface area contributed by atoms with E-state index in [0.29, 0.717) is 17.6 Å². The number of nitrogens with two attached hydrogens (primary N) is 1. The number of hydrogen-bond acceptors (Lipinski definition) is 6. The molecule has 3 rings (SSSR count). The molecule has 2 aliphatic carbocycles. The number of carbonyl (C=O) groups is 1. The number of halogens is 1. The number of anilines is 1. The van der Waals surface area contributed by atoms with Crippen molar-refractivity contribution in [2.45, 2.75) is 69.6 Å². The standard InChI is InChI=1S/C19H29FN4O3/c20-8-9-27-13-6-4-12(5-7-13)10-17-22-11-14(18(21)26)19(24-17)23-15-2-1-3-16(15)25/h11-13,15-16,25H,1-10H2,(H2,21,26)(H,22,23,24)/t12?,13?,15-,16-/m0/s1. The summed E-state index contributed by atoms with van der Waals surface area (Å²) in [6.07, 6.45) is 8.24. The average Bonchev–Trinajstić information content (AvgIpc) is 3.06. The van der Waals surface area contributed by atoms with Crippen molar-refractivity contribution >= 4 is 11.7 Å². The fourth-order valence-electron chi connectivity index (χ4n) is 4.06. The number of ether oxygens (including phenoxy) is 1. The van der Waals surface area contributed by atoms with Crippen molar-refractivity contribution in [3.8, 4) is 0 Å². The van der Waals surface area contributed by atoms with Crippen LogP contribution >= 0.6 is 0 Å². The lowest BCUT2D eigenvalue weighted by Gasteiger charge is -2.28. The third-order valence-electron chi connectivity index (χ3n) is 5.60. The Labute approximate surface area is 158 Å². The van der Waals surface area contributed by atoms with E-state index in [4.69, 9.17) is 10.5 Å². The van der Waals surface area contributed by atoms with Crippen molar-refractivity contribution < 1.29 is 19.0 Å². The van der Waals surface area contributed by atoms with Crippen molar-refractivity contribution in [3.63, 3.8) is 0 Å². The highest BCUT2D eigenvalue weighted by atomic mass is 19.1. The number of aliphatic hydroxyl groups is 1. The summed E-state index contributed by atoms with van der Waals surface area (Å²) >= 11 is 0. The first-order valence-electron chi connectivity index (χ1n) is 9.84. The number of rotatable bonds is 8. The Kier molecular flexibility index (Phi) is 6.95. The quantitative estimate of drug-likeness (QED) is 0.636. The van der Waals surface area contributed by atoms with E-state index in [1.54, 1.807) is 0 Å². The molecule has 1 aromatic heterocycles. The number of aliphatic hydroxyl groups excluding tert-OH is 1. The number of carbonyl (C=O) groups excluding carboxylic acids is 1. The van der Waals surface area contributed by atoms with Crippen molar-refractivity contribution in [2.75, 3.05) is 18.6 Å². The van der Waals surface area contributed by atoms with Crippen molar-refractivity contribution in [3.05, 3.63) is 17.6 Å². The van der Waals surface area contributed by atoms with Gasteiger partial charge in [-0.1, -0.05) is 0 Å². The van der Waals surface area contributed by atoms with Crippen LogP contribution in [0, 0.1) is 5.92 Å². The monoisotopic (exact) mass is 380 g/mol. The molecule has 2 aliphatic rings. The molecule has 0 unspecified atom stereocenters. The van der Waals surface area contributed by atoms with E-state index in [2.05, 4.69) is 15.3 Å². The minimum Gasteiger partial charge on any atom is -0.391 e. The molecule has 2 fully saturated rings. The van der Waals surface area contributed by atoms with Gasteiger partial charge in [0.15, 0.2) is 0 Å². The second kappa shape index (κ2) is 9.41. The Morgan fingerprint density at radius 2 is 2.07 bits per heavy atom. The summed E-state index contributed by atoms with van der Waals surface area (Å²) in [5, 5.41) is 13.2. The number of primary amides is 1. The smallest absolute Gasteiger partial charge is 0.254 e. The number of hydrogen-bond donors (Lipinski definition) is 3. The average molecular weight is 380 g/mol. The SMILES string of the molecule is NC(=O)c1cnc(CC2CCC(OCCF)CC2)nc1N[C@H]1CCC[C@@H]1O. The molecular formula is C19H29FN4O3. The molecule has 27 heavy (non-hydrogen) atoms. The van der Waals surface area contributed by atoms with Gasteiger partial charge in [-0.05, 0) is 50.9 Å². The highest BCUT2D eigenvalue weighted by molar-refractivity contribution is 5.97. The molecule has 1 heterocycles. The summed E-state index contributed by atoms with van der Waals surface area (Å²) in [6.45, 7) is -0.263. The summed E-state index contributed by atoms with van der Waals surface area (Å²) in [4.78, 5) is 20.6. The van der Waals surface area contributed by atoms with Gasteiger partial charge >= 0.3 is 0 Å². The van der Waals surface area contributed by atoms with E-state index < -0.39 is 18.7 Å². The molecule has 0 radical (unpaired) electrons. The second-order valence-electron chi connectivity index (χ2n) is 7.57. The van der Waals surface area contributed by atoms with Crippen molar-refractivity contribution in [2.24, 2.45) is 11.7 Å². The van der Waals surface area contributed by atoms with E-state index in [-0.39, 0.29) is 24.3 Å². The van der Waals surface area contributed by atoms with Crippen molar-refractivity contribution in [1.29, 1.82) is 0 Å². The summed E-state index contributed by atoms with van der Waals surface area (Å²) < 4.78 is 17.7. The van der Waals surface area contributed by atoms with Gasteiger partial charge in [0.05, 0.1) is 30.4 Å². The third kappa shape index (κ3) is 5.35. The zero-order valence-electron chi connectivity index (χ0n) is 15.6. The van der Waals surface area contributed by atoms with Crippen LogP contribution in [-0.4, -0.2) is 52.5 Å². The first kappa shape index (κ1) is 19.9. The van der Waals surface area contributed by atoms with Crippen LogP contribution in [0.2, 0.25) is 0 Å². The van der Waals surface area contributed by atoms with Gasteiger partial charge in [-0.15, -0.1) is 0 Å². The van der Waals surface area contributed by atoms with Crippen LogP contribution in [0.25, 0.3) is 0 Å². The topological polar surface area (TPSA) is 110 Å². The Hall–Kier alpha value is -1.80. The van der Waals surface area contributed by atoms with Gasteiger partial charge in [0.25, 0.3) is 5.91 Å². The highest BCUT2D eigenvalue weighted by Crippen LogP contribution is 2.29. The summed E-state index contributed by atoms with van der Waals surface area (Å²) in [5.74, 6) is 0.947.